The van der Waals surface area contributed by atoms with Gasteiger partial charge in [0.25, 0.3) is 0 Å². The maximum absolute atomic E-state index is 11.8. The van der Waals surface area contributed by atoms with Crippen molar-refractivity contribution >= 4 is 11.6 Å². The Labute approximate surface area is 121 Å². The Hall–Kier alpha value is -2.76. The number of pyridine rings is 1. The average molecular weight is 286 g/mol. The summed E-state index contributed by atoms with van der Waals surface area (Å²) < 4.78 is 5.23. The lowest BCUT2D eigenvalue weighted by atomic mass is 10.1. The minimum atomic E-state index is -0.621. The zero-order valence-electron chi connectivity index (χ0n) is 11.5. The summed E-state index contributed by atoms with van der Waals surface area (Å²) in [5.41, 5.74) is 1.40. The van der Waals surface area contributed by atoms with E-state index in [1.807, 2.05) is 30.3 Å². The number of nitro groups is 1. The van der Waals surface area contributed by atoms with Crippen LogP contribution in [-0.4, -0.2) is 22.3 Å². The van der Waals surface area contributed by atoms with E-state index in [-0.39, 0.29) is 30.4 Å². The summed E-state index contributed by atoms with van der Waals surface area (Å²) in [5.74, 6) is -0.523. The number of ketones is 1. The van der Waals surface area contributed by atoms with Gasteiger partial charge in [-0.1, -0.05) is 30.3 Å². The zero-order valence-corrected chi connectivity index (χ0v) is 11.5. The maximum atomic E-state index is 11.8. The molecule has 0 unspecified atom stereocenters. The molecule has 0 saturated heterocycles. The first-order chi connectivity index (χ1) is 10.1. The lowest BCUT2D eigenvalue weighted by molar-refractivity contribution is -0.390. The van der Waals surface area contributed by atoms with Crippen LogP contribution in [0.2, 0.25) is 0 Å². The number of benzene rings is 1. The molecule has 0 aliphatic carbocycles. The van der Waals surface area contributed by atoms with Crippen molar-refractivity contribution in [3.05, 3.63) is 63.8 Å². The smallest absolute Gasteiger partial charge is 0.406 e. The Balaban J connectivity index is 2.00. The second-order valence-corrected chi connectivity index (χ2v) is 4.52. The van der Waals surface area contributed by atoms with E-state index in [1.54, 1.807) is 13.0 Å². The number of aryl methyl sites for hydroxylation is 1. The molecule has 1 aromatic carbocycles. The van der Waals surface area contributed by atoms with Gasteiger partial charge in [-0.3, -0.25) is 4.79 Å². The molecule has 0 fully saturated rings. The molecule has 0 aliphatic heterocycles. The summed E-state index contributed by atoms with van der Waals surface area (Å²) in [6, 6.07) is 12.3. The maximum Gasteiger partial charge on any atom is 0.406 e. The summed E-state index contributed by atoms with van der Waals surface area (Å²) in [5, 5.41) is 10.9. The van der Waals surface area contributed by atoms with E-state index >= 15 is 0 Å². The minimum absolute atomic E-state index is 0.00649. The van der Waals surface area contributed by atoms with Crippen LogP contribution in [0.25, 0.3) is 0 Å². The molecule has 2 rings (SSSR count). The van der Waals surface area contributed by atoms with Gasteiger partial charge in [0, 0.05) is 13.3 Å². The molecular weight excluding hydrogens is 272 g/mol. The Bertz CT molecular complexity index is 656. The third-order valence-electron chi connectivity index (χ3n) is 2.78. The summed E-state index contributed by atoms with van der Waals surface area (Å²) in [6.45, 7) is 1.43. The van der Waals surface area contributed by atoms with Crippen LogP contribution in [0.1, 0.15) is 11.3 Å². The first kappa shape index (κ1) is 14.6. The first-order valence-corrected chi connectivity index (χ1v) is 6.36. The summed E-state index contributed by atoms with van der Waals surface area (Å²) in [6.07, 6.45) is 0.230. The van der Waals surface area contributed by atoms with Crippen LogP contribution in [0, 0.1) is 17.0 Å². The van der Waals surface area contributed by atoms with E-state index in [1.165, 1.54) is 6.07 Å². The highest BCUT2D eigenvalue weighted by atomic mass is 16.6. The Morgan fingerprint density at radius 1 is 1.24 bits per heavy atom. The number of carbonyl (C=O) groups excluding carboxylic acids is 1. The number of nitrogens with zero attached hydrogens (tertiary/aromatic N) is 2. The van der Waals surface area contributed by atoms with Gasteiger partial charge in [-0.15, -0.1) is 0 Å². The molecule has 21 heavy (non-hydrogen) atoms. The van der Waals surface area contributed by atoms with Crippen LogP contribution in [-0.2, 0) is 11.2 Å². The molecular formula is C15H14N2O4. The Morgan fingerprint density at radius 3 is 2.62 bits per heavy atom. The number of hydrogen-bond acceptors (Lipinski definition) is 5. The third kappa shape index (κ3) is 4.10. The van der Waals surface area contributed by atoms with Crippen LogP contribution in [0.15, 0.2) is 42.5 Å². The summed E-state index contributed by atoms with van der Waals surface area (Å²) in [4.78, 5) is 25.9. The molecule has 0 amide bonds. The van der Waals surface area contributed by atoms with E-state index in [9.17, 15) is 14.9 Å². The third-order valence-corrected chi connectivity index (χ3v) is 2.78. The van der Waals surface area contributed by atoms with Gasteiger partial charge in [0.1, 0.15) is 12.3 Å². The van der Waals surface area contributed by atoms with Gasteiger partial charge in [0.2, 0.25) is 5.75 Å². The highest BCUT2D eigenvalue weighted by molar-refractivity contribution is 5.82. The molecule has 0 N–H and O–H groups in total. The first-order valence-electron chi connectivity index (χ1n) is 6.36. The van der Waals surface area contributed by atoms with Crippen LogP contribution >= 0.6 is 0 Å². The Kier molecular flexibility index (Phi) is 4.61. The molecule has 108 valence electrons. The fourth-order valence-corrected chi connectivity index (χ4v) is 1.81. The van der Waals surface area contributed by atoms with Crippen molar-refractivity contribution in [1.82, 2.24) is 4.98 Å². The van der Waals surface area contributed by atoms with Gasteiger partial charge in [0.15, 0.2) is 5.78 Å². The molecule has 0 bridgehead atoms. The zero-order chi connectivity index (χ0) is 15.2. The van der Waals surface area contributed by atoms with Gasteiger partial charge >= 0.3 is 5.82 Å². The van der Waals surface area contributed by atoms with E-state index < -0.39 is 4.92 Å². The van der Waals surface area contributed by atoms with E-state index in [0.29, 0.717) is 5.69 Å². The molecule has 1 heterocycles. The average Bonchev–Trinajstić information content (AvgIpc) is 2.47. The second kappa shape index (κ2) is 6.60. The van der Waals surface area contributed by atoms with Crippen LogP contribution in [0.3, 0.4) is 0 Å². The lowest BCUT2D eigenvalue weighted by Crippen LogP contribution is -2.14. The number of rotatable bonds is 6. The van der Waals surface area contributed by atoms with Crippen LogP contribution < -0.4 is 4.74 Å². The molecule has 1 aromatic heterocycles. The van der Waals surface area contributed by atoms with Crippen molar-refractivity contribution in [3.8, 4) is 5.75 Å². The summed E-state index contributed by atoms with van der Waals surface area (Å²) in [7, 11) is 0. The highest BCUT2D eigenvalue weighted by Gasteiger charge is 2.18. The molecule has 0 aliphatic rings. The normalized spacial score (nSPS) is 10.1. The minimum Gasteiger partial charge on any atom is -0.478 e. The summed E-state index contributed by atoms with van der Waals surface area (Å²) >= 11 is 0. The Morgan fingerprint density at radius 2 is 1.95 bits per heavy atom. The number of Topliss-reactive ketones (excluding diaryl/α,β-unsaturated/α-hetero) is 1. The fourth-order valence-electron chi connectivity index (χ4n) is 1.81. The molecule has 2 aromatic rings. The molecule has 0 atom stereocenters. The number of ether oxygens (including phenoxy) is 1. The van der Waals surface area contributed by atoms with Gasteiger partial charge in [-0.25, -0.2) is 0 Å². The molecule has 6 nitrogen and oxygen atoms in total. The predicted molar refractivity (Wildman–Crippen MR) is 76.3 cm³/mol. The number of aromatic nitrogens is 1. The van der Waals surface area contributed by atoms with Crippen molar-refractivity contribution in [2.75, 3.05) is 6.61 Å². The van der Waals surface area contributed by atoms with Gasteiger partial charge in [-0.2, -0.15) is 0 Å². The standard InChI is InChI=1S/C15H14N2O4/c1-11-7-8-14(15(16-11)17(19)20)21-10-13(18)9-12-5-3-2-4-6-12/h2-8H,9-10H2,1H3. The van der Waals surface area contributed by atoms with E-state index in [2.05, 4.69) is 4.98 Å². The van der Waals surface area contributed by atoms with Crippen molar-refractivity contribution in [2.45, 2.75) is 13.3 Å². The van der Waals surface area contributed by atoms with Crippen molar-refractivity contribution in [2.24, 2.45) is 0 Å². The monoisotopic (exact) mass is 286 g/mol. The van der Waals surface area contributed by atoms with Crippen LogP contribution in [0.5, 0.6) is 5.75 Å². The number of carbonyl (C=O) groups is 1. The van der Waals surface area contributed by atoms with Gasteiger partial charge in [-0.05, 0) is 27.6 Å². The van der Waals surface area contributed by atoms with Gasteiger partial charge in [0.05, 0.1) is 0 Å². The molecule has 6 heteroatoms. The predicted octanol–water partition coefficient (Wildman–Crippen LogP) is 2.49. The topological polar surface area (TPSA) is 82.3 Å². The van der Waals surface area contributed by atoms with Crippen LogP contribution in [0.4, 0.5) is 5.82 Å². The second-order valence-electron chi connectivity index (χ2n) is 4.52. The largest absolute Gasteiger partial charge is 0.478 e. The molecule has 0 saturated carbocycles. The molecule has 0 spiro atoms. The quantitative estimate of drug-likeness (QED) is 0.602. The van der Waals surface area contributed by atoms with Crippen molar-refractivity contribution in [3.63, 3.8) is 0 Å². The molecule has 0 radical (unpaired) electrons. The van der Waals surface area contributed by atoms with Gasteiger partial charge < -0.3 is 14.9 Å². The van der Waals surface area contributed by atoms with E-state index in [4.69, 9.17) is 4.74 Å². The van der Waals surface area contributed by atoms with E-state index in [0.717, 1.165) is 5.56 Å². The van der Waals surface area contributed by atoms with Crippen molar-refractivity contribution in [1.29, 1.82) is 0 Å². The fraction of sp³-hybridized carbons (Fsp3) is 0.200. The SMILES string of the molecule is Cc1ccc(OCC(=O)Cc2ccccc2)c([N+](=O)[O-])n1. The van der Waals surface area contributed by atoms with Crippen molar-refractivity contribution < 1.29 is 14.5 Å². The lowest BCUT2D eigenvalue weighted by Gasteiger charge is -2.06. The highest BCUT2D eigenvalue weighted by Crippen LogP contribution is 2.24. The number of hydrogen-bond donors (Lipinski definition) is 0.